The molecule has 142 valence electrons. The molecule has 0 aromatic heterocycles. The zero-order valence-electron chi connectivity index (χ0n) is 14.4. The van der Waals surface area contributed by atoms with Gasteiger partial charge in [0.1, 0.15) is 5.84 Å². The van der Waals surface area contributed by atoms with Crippen LogP contribution in [0, 0.1) is 0 Å². The smallest absolute Gasteiger partial charge is 0.263 e. The molecule has 3 rings (SSSR count). The van der Waals surface area contributed by atoms with Gasteiger partial charge in [0.25, 0.3) is 10.0 Å². The van der Waals surface area contributed by atoms with E-state index in [1.54, 1.807) is 36.4 Å². The maximum Gasteiger partial charge on any atom is 0.263 e. The van der Waals surface area contributed by atoms with Crippen molar-refractivity contribution in [2.45, 2.75) is 24.3 Å². The summed E-state index contributed by atoms with van der Waals surface area (Å²) >= 11 is 11.9. The number of sulfonamides is 1. The predicted octanol–water partition coefficient (Wildman–Crippen LogP) is 3.30. The number of hydrogen-bond donors (Lipinski definition) is 2. The second kappa shape index (κ2) is 7.88. The van der Waals surface area contributed by atoms with Gasteiger partial charge in [-0.1, -0.05) is 41.4 Å². The van der Waals surface area contributed by atoms with Gasteiger partial charge in [-0.05, 0) is 36.8 Å². The van der Waals surface area contributed by atoms with E-state index in [2.05, 4.69) is 15.0 Å². The summed E-state index contributed by atoms with van der Waals surface area (Å²) in [5.74, 6) is 0.0583. The minimum Gasteiger partial charge on any atom is -0.350 e. The summed E-state index contributed by atoms with van der Waals surface area (Å²) in [6.07, 6.45) is 0.124. The molecular formula is C18H17Cl2N3O3S. The summed E-state index contributed by atoms with van der Waals surface area (Å²) in [5.41, 5.74) is 1.35. The molecular weight excluding hydrogens is 409 g/mol. The molecule has 0 saturated carbocycles. The van der Waals surface area contributed by atoms with Crippen LogP contribution in [0.5, 0.6) is 0 Å². The van der Waals surface area contributed by atoms with Crippen LogP contribution in [-0.2, 0) is 14.8 Å². The number of amides is 1. The van der Waals surface area contributed by atoms with E-state index in [1.807, 2.05) is 6.92 Å². The predicted molar refractivity (Wildman–Crippen MR) is 106 cm³/mol. The van der Waals surface area contributed by atoms with Crippen molar-refractivity contribution in [2.24, 2.45) is 4.99 Å². The van der Waals surface area contributed by atoms with E-state index in [4.69, 9.17) is 23.2 Å². The zero-order valence-corrected chi connectivity index (χ0v) is 16.7. The van der Waals surface area contributed by atoms with E-state index in [9.17, 15) is 13.2 Å². The number of aliphatic imine (C=N–C) groups is 1. The highest BCUT2D eigenvalue weighted by molar-refractivity contribution is 7.90. The fourth-order valence-corrected chi connectivity index (χ4v) is 4.26. The van der Waals surface area contributed by atoms with E-state index < -0.39 is 10.0 Å². The normalized spacial score (nSPS) is 17.2. The number of benzene rings is 2. The molecule has 1 aliphatic rings. The maximum atomic E-state index is 12.1. The number of nitrogens with one attached hydrogen (secondary N) is 2. The molecule has 27 heavy (non-hydrogen) atoms. The number of carbonyl (C=O) groups is 1. The van der Waals surface area contributed by atoms with Gasteiger partial charge in [-0.25, -0.2) is 8.42 Å². The highest BCUT2D eigenvalue weighted by Gasteiger charge is 2.29. The summed E-state index contributed by atoms with van der Waals surface area (Å²) in [6, 6.07) is 11.5. The first-order chi connectivity index (χ1) is 12.8. The Kier molecular flexibility index (Phi) is 5.74. The number of fused-ring (bicyclic) bond motifs is 1. The van der Waals surface area contributed by atoms with Gasteiger partial charge in [0.2, 0.25) is 5.91 Å². The fourth-order valence-electron chi connectivity index (χ4n) is 2.70. The topological polar surface area (TPSA) is 87.6 Å². The average Bonchev–Trinajstić information content (AvgIpc) is 2.88. The standard InChI is InChI=1S/C18H17Cl2N3O3S/c1-11(12-6-7-14(19)15(20)10-12)22-17(24)8-9-21-18-13-4-2-3-5-16(13)27(25,26)23-18/h2-7,10-11H,8-9H2,1H3,(H,21,23)(H,22,24)/t11-/m1/s1. The molecule has 0 saturated heterocycles. The number of nitrogens with zero attached hydrogens (tertiary/aromatic N) is 1. The van der Waals surface area contributed by atoms with Gasteiger partial charge in [-0.2, -0.15) is 0 Å². The van der Waals surface area contributed by atoms with Gasteiger partial charge in [-0.3, -0.25) is 14.5 Å². The lowest BCUT2D eigenvalue weighted by Crippen LogP contribution is -2.27. The minimum atomic E-state index is -3.57. The molecule has 1 heterocycles. The lowest BCUT2D eigenvalue weighted by molar-refractivity contribution is -0.121. The molecule has 1 atom stereocenters. The number of carbonyl (C=O) groups excluding carboxylic acids is 1. The van der Waals surface area contributed by atoms with Crippen LogP contribution in [0.1, 0.15) is 30.5 Å². The van der Waals surface area contributed by atoms with E-state index in [-0.39, 0.29) is 35.6 Å². The van der Waals surface area contributed by atoms with Crippen molar-refractivity contribution in [2.75, 3.05) is 6.54 Å². The Hall–Kier alpha value is -2.09. The molecule has 0 aliphatic carbocycles. The van der Waals surface area contributed by atoms with Crippen LogP contribution in [0.3, 0.4) is 0 Å². The minimum absolute atomic E-state index is 0.124. The van der Waals surface area contributed by atoms with Crippen LogP contribution in [0.25, 0.3) is 0 Å². The highest BCUT2D eigenvalue weighted by Crippen LogP contribution is 2.25. The average molecular weight is 426 g/mol. The van der Waals surface area contributed by atoms with Crippen molar-refractivity contribution in [1.29, 1.82) is 0 Å². The number of halogens is 2. The van der Waals surface area contributed by atoms with Crippen molar-refractivity contribution in [3.05, 3.63) is 63.6 Å². The largest absolute Gasteiger partial charge is 0.350 e. The number of rotatable bonds is 5. The number of amidine groups is 1. The van der Waals surface area contributed by atoms with Crippen LogP contribution >= 0.6 is 23.2 Å². The second-order valence-corrected chi connectivity index (χ2v) is 8.51. The van der Waals surface area contributed by atoms with Crippen molar-refractivity contribution in [3.63, 3.8) is 0 Å². The Balaban J connectivity index is 1.60. The van der Waals surface area contributed by atoms with Gasteiger partial charge < -0.3 is 5.32 Å². The number of hydrogen-bond acceptors (Lipinski definition) is 4. The Bertz CT molecular complexity index is 1020. The van der Waals surface area contributed by atoms with Gasteiger partial charge >= 0.3 is 0 Å². The monoisotopic (exact) mass is 425 g/mol. The van der Waals surface area contributed by atoms with Crippen molar-refractivity contribution >= 4 is 45.0 Å². The summed E-state index contributed by atoms with van der Waals surface area (Å²) in [6.45, 7) is 2.00. The van der Waals surface area contributed by atoms with E-state index in [0.717, 1.165) is 5.56 Å². The molecule has 0 bridgehead atoms. The Morgan fingerprint density at radius 1 is 1.19 bits per heavy atom. The molecule has 1 aliphatic heterocycles. The van der Waals surface area contributed by atoms with Gasteiger partial charge in [0.15, 0.2) is 0 Å². The van der Waals surface area contributed by atoms with Gasteiger partial charge in [-0.15, -0.1) is 0 Å². The van der Waals surface area contributed by atoms with Gasteiger partial charge in [0.05, 0.1) is 27.5 Å². The molecule has 6 nitrogen and oxygen atoms in total. The second-order valence-electron chi connectivity index (χ2n) is 6.04. The summed E-state index contributed by atoms with van der Waals surface area (Å²) in [7, 11) is -3.57. The van der Waals surface area contributed by atoms with Crippen LogP contribution in [0.2, 0.25) is 10.0 Å². The van der Waals surface area contributed by atoms with Crippen LogP contribution in [0.4, 0.5) is 0 Å². The summed E-state index contributed by atoms with van der Waals surface area (Å²) in [4.78, 5) is 16.6. The molecule has 2 aromatic rings. The van der Waals surface area contributed by atoms with Crippen molar-refractivity contribution in [1.82, 2.24) is 10.0 Å². The van der Waals surface area contributed by atoms with E-state index in [0.29, 0.717) is 15.6 Å². The first-order valence-electron chi connectivity index (χ1n) is 8.19. The summed E-state index contributed by atoms with van der Waals surface area (Å²) < 4.78 is 26.5. The van der Waals surface area contributed by atoms with E-state index in [1.165, 1.54) is 6.07 Å². The lowest BCUT2D eigenvalue weighted by Gasteiger charge is -2.14. The molecule has 0 radical (unpaired) electrons. The lowest BCUT2D eigenvalue weighted by atomic mass is 10.1. The van der Waals surface area contributed by atoms with Crippen LogP contribution < -0.4 is 10.0 Å². The Labute approximate surface area is 167 Å². The maximum absolute atomic E-state index is 12.1. The van der Waals surface area contributed by atoms with E-state index >= 15 is 0 Å². The first-order valence-corrected chi connectivity index (χ1v) is 10.4. The van der Waals surface area contributed by atoms with Crippen molar-refractivity contribution < 1.29 is 13.2 Å². The Morgan fingerprint density at radius 3 is 2.67 bits per heavy atom. The quantitative estimate of drug-likeness (QED) is 0.769. The zero-order chi connectivity index (χ0) is 19.6. The first kappa shape index (κ1) is 19.7. The van der Waals surface area contributed by atoms with Gasteiger partial charge in [0, 0.05) is 12.0 Å². The Morgan fingerprint density at radius 2 is 1.93 bits per heavy atom. The van der Waals surface area contributed by atoms with Crippen molar-refractivity contribution in [3.8, 4) is 0 Å². The molecule has 0 unspecified atom stereocenters. The molecule has 0 fully saturated rings. The molecule has 2 aromatic carbocycles. The third kappa shape index (κ3) is 4.43. The SMILES string of the molecule is C[C@@H](NC(=O)CCN=C1NS(=O)(=O)c2ccccc21)c1ccc(Cl)c(Cl)c1. The molecule has 1 amide bonds. The van der Waals surface area contributed by atoms with Crippen LogP contribution in [0.15, 0.2) is 52.4 Å². The molecule has 2 N–H and O–H groups in total. The molecule has 9 heteroatoms. The molecule has 0 spiro atoms. The highest BCUT2D eigenvalue weighted by atomic mass is 35.5. The summed E-state index contributed by atoms with van der Waals surface area (Å²) in [5, 5.41) is 3.73. The fraction of sp³-hybridized carbons (Fsp3) is 0.222. The van der Waals surface area contributed by atoms with Crippen LogP contribution in [-0.4, -0.2) is 26.7 Å². The third-order valence-corrected chi connectivity index (χ3v) is 6.23. The third-order valence-electron chi connectivity index (χ3n) is 4.09.